The van der Waals surface area contributed by atoms with Gasteiger partial charge in [-0.2, -0.15) is 4.98 Å². The molecule has 18 heavy (non-hydrogen) atoms. The predicted octanol–water partition coefficient (Wildman–Crippen LogP) is -1.80. The second-order valence-electron chi connectivity index (χ2n) is 3.65. The van der Waals surface area contributed by atoms with E-state index in [9.17, 15) is 15.0 Å². The van der Waals surface area contributed by atoms with Crippen LogP contribution in [0.1, 0.15) is 6.04 Å². The Morgan fingerprint density at radius 1 is 1.67 bits per heavy atom. The maximum Gasteiger partial charge on any atom is 0.280 e. The van der Waals surface area contributed by atoms with Crippen molar-refractivity contribution in [3.63, 3.8) is 0 Å². The summed E-state index contributed by atoms with van der Waals surface area (Å²) in [5.41, 5.74) is 5.20. The largest absolute Gasteiger partial charge is 0.394 e. The van der Waals surface area contributed by atoms with Crippen molar-refractivity contribution < 1.29 is 14.9 Å². The Kier molecular flexibility index (Phi) is 3.28. The summed E-state index contributed by atoms with van der Waals surface area (Å²) in [5.74, 6) is -0.0714. The molecule has 0 aliphatic rings. The molecule has 0 radical (unpaired) electrons. The first-order valence-corrected chi connectivity index (χ1v) is 5.12. The molecule has 2 heterocycles. The minimum absolute atomic E-state index is 0.0714. The Morgan fingerprint density at radius 2 is 2.39 bits per heavy atom. The second-order valence-corrected chi connectivity index (χ2v) is 3.65. The van der Waals surface area contributed by atoms with Gasteiger partial charge in [-0.3, -0.25) is 9.78 Å². The molecule has 2 aromatic rings. The third-order valence-corrected chi connectivity index (χ3v) is 2.57. The van der Waals surface area contributed by atoms with Crippen LogP contribution in [0.5, 0.6) is 0 Å². The number of hydrogen-bond acceptors (Lipinski definition) is 7. The van der Waals surface area contributed by atoms with Crippen molar-refractivity contribution in [2.24, 2.45) is 0 Å². The Balaban J connectivity index is 2.61. The van der Waals surface area contributed by atoms with Gasteiger partial charge in [-0.1, -0.05) is 0 Å². The zero-order valence-electron chi connectivity index (χ0n) is 9.57. The number of aliphatic hydroxyl groups is 2. The van der Waals surface area contributed by atoms with Gasteiger partial charge < -0.3 is 25.3 Å². The number of methoxy groups -OCH3 is 1. The van der Waals surface area contributed by atoms with Gasteiger partial charge in [-0.05, 0) is 0 Å². The monoisotopic (exact) mass is 255 g/mol. The van der Waals surface area contributed by atoms with E-state index in [1.54, 1.807) is 0 Å². The van der Waals surface area contributed by atoms with Crippen LogP contribution in [-0.2, 0) is 4.74 Å². The molecule has 0 saturated heterocycles. The van der Waals surface area contributed by atoms with E-state index in [1.165, 1.54) is 18.0 Å². The standard InChI is InChI=1S/C9H13N5O4/c1-18-8(17)4(2-15)14-3-11-5-6(14)12-9(10)13-7(5)16/h3-4,8,15,17H,2H2,1H3,(H3,10,12,13,16). The number of imidazole rings is 1. The molecule has 5 N–H and O–H groups in total. The zero-order valence-corrected chi connectivity index (χ0v) is 9.57. The molecule has 2 aromatic heterocycles. The van der Waals surface area contributed by atoms with Crippen LogP contribution < -0.4 is 11.3 Å². The molecule has 0 aliphatic heterocycles. The zero-order chi connectivity index (χ0) is 13.3. The number of rotatable bonds is 4. The van der Waals surface area contributed by atoms with E-state index < -0.39 is 24.5 Å². The van der Waals surface area contributed by atoms with E-state index in [-0.39, 0.29) is 17.1 Å². The van der Waals surface area contributed by atoms with Gasteiger partial charge in [0.15, 0.2) is 17.5 Å². The van der Waals surface area contributed by atoms with Gasteiger partial charge in [0.2, 0.25) is 5.95 Å². The van der Waals surface area contributed by atoms with E-state index in [0.717, 1.165) is 0 Å². The summed E-state index contributed by atoms with van der Waals surface area (Å²) in [6.07, 6.45) is 0.0323. The maximum atomic E-state index is 11.6. The molecule has 2 atom stereocenters. The summed E-state index contributed by atoms with van der Waals surface area (Å²) in [6.45, 7) is -0.408. The fraction of sp³-hybridized carbons (Fsp3) is 0.444. The van der Waals surface area contributed by atoms with Crippen LogP contribution in [0, 0.1) is 0 Å². The predicted molar refractivity (Wildman–Crippen MR) is 61.7 cm³/mol. The van der Waals surface area contributed by atoms with Crippen LogP contribution in [0.2, 0.25) is 0 Å². The van der Waals surface area contributed by atoms with Gasteiger partial charge in [-0.15, -0.1) is 0 Å². The van der Waals surface area contributed by atoms with Crippen LogP contribution in [-0.4, -0.2) is 49.7 Å². The summed E-state index contributed by atoms with van der Waals surface area (Å²) in [4.78, 5) is 21.7. The summed E-state index contributed by atoms with van der Waals surface area (Å²) in [7, 11) is 1.29. The third kappa shape index (κ3) is 1.94. The number of ether oxygens (including phenoxy) is 1. The van der Waals surface area contributed by atoms with E-state index in [0.29, 0.717) is 0 Å². The van der Waals surface area contributed by atoms with E-state index >= 15 is 0 Å². The maximum absolute atomic E-state index is 11.6. The van der Waals surface area contributed by atoms with Crippen molar-refractivity contribution in [1.82, 2.24) is 19.5 Å². The fourth-order valence-corrected chi connectivity index (χ4v) is 1.66. The van der Waals surface area contributed by atoms with Crippen molar-refractivity contribution in [2.45, 2.75) is 12.3 Å². The average Bonchev–Trinajstić information content (AvgIpc) is 2.74. The summed E-state index contributed by atoms with van der Waals surface area (Å²) in [6, 6.07) is -0.825. The number of H-pyrrole nitrogens is 1. The lowest BCUT2D eigenvalue weighted by Gasteiger charge is -2.20. The highest BCUT2D eigenvalue weighted by molar-refractivity contribution is 5.70. The molecule has 0 bridgehead atoms. The van der Waals surface area contributed by atoms with E-state index in [1.807, 2.05) is 0 Å². The van der Waals surface area contributed by atoms with Crippen LogP contribution in [0.4, 0.5) is 5.95 Å². The first-order valence-electron chi connectivity index (χ1n) is 5.12. The van der Waals surface area contributed by atoms with Crippen molar-refractivity contribution in [1.29, 1.82) is 0 Å². The SMILES string of the molecule is COC(O)C(CO)n1cnc2c(=O)[nH]c(N)nc21. The molecule has 98 valence electrons. The molecule has 0 aliphatic carbocycles. The molecule has 0 spiro atoms. The normalized spacial score (nSPS) is 14.8. The van der Waals surface area contributed by atoms with Crippen molar-refractivity contribution in [2.75, 3.05) is 19.5 Å². The number of hydrogen-bond donors (Lipinski definition) is 4. The lowest BCUT2D eigenvalue weighted by atomic mass is 10.3. The van der Waals surface area contributed by atoms with Crippen molar-refractivity contribution in [3.8, 4) is 0 Å². The van der Waals surface area contributed by atoms with E-state index in [4.69, 9.17) is 10.5 Å². The Hall–Kier alpha value is -1.97. The average molecular weight is 255 g/mol. The molecular formula is C9H13N5O4. The number of aliphatic hydroxyl groups excluding tert-OH is 2. The first-order chi connectivity index (χ1) is 8.58. The number of aromatic nitrogens is 4. The molecular weight excluding hydrogens is 242 g/mol. The molecule has 0 fully saturated rings. The molecule has 2 rings (SSSR count). The second kappa shape index (κ2) is 4.72. The Bertz CT molecular complexity index is 607. The van der Waals surface area contributed by atoms with Crippen LogP contribution in [0.25, 0.3) is 11.2 Å². The van der Waals surface area contributed by atoms with Gasteiger partial charge in [0.05, 0.1) is 12.9 Å². The highest BCUT2D eigenvalue weighted by Crippen LogP contribution is 2.17. The van der Waals surface area contributed by atoms with Crippen molar-refractivity contribution >= 4 is 17.1 Å². The van der Waals surface area contributed by atoms with Gasteiger partial charge in [0, 0.05) is 7.11 Å². The highest BCUT2D eigenvalue weighted by Gasteiger charge is 2.23. The lowest BCUT2D eigenvalue weighted by Crippen LogP contribution is -2.28. The van der Waals surface area contributed by atoms with Crippen LogP contribution in [0.15, 0.2) is 11.1 Å². The summed E-state index contributed by atoms with van der Waals surface area (Å²) < 4.78 is 6.08. The lowest BCUT2D eigenvalue weighted by molar-refractivity contribution is -0.116. The number of anilines is 1. The minimum Gasteiger partial charge on any atom is -0.394 e. The molecule has 0 amide bonds. The molecule has 2 unspecified atom stereocenters. The smallest absolute Gasteiger partial charge is 0.280 e. The Morgan fingerprint density at radius 3 is 3.00 bits per heavy atom. The van der Waals surface area contributed by atoms with Gasteiger partial charge in [-0.25, -0.2) is 4.98 Å². The third-order valence-electron chi connectivity index (χ3n) is 2.57. The molecule has 0 saturated carbocycles. The van der Waals surface area contributed by atoms with Gasteiger partial charge in [0.25, 0.3) is 5.56 Å². The number of nitrogens with two attached hydrogens (primary N) is 1. The quantitative estimate of drug-likeness (QED) is 0.472. The summed E-state index contributed by atoms with van der Waals surface area (Å²) >= 11 is 0. The van der Waals surface area contributed by atoms with Crippen LogP contribution in [0.3, 0.4) is 0 Å². The van der Waals surface area contributed by atoms with Gasteiger partial charge in [0.1, 0.15) is 6.04 Å². The number of nitrogens with one attached hydrogen (secondary N) is 1. The van der Waals surface area contributed by atoms with Crippen molar-refractivity contribution in [3.05, 3.63) is 16.7 Å². The minimum atomic E-state index is -1.25. The topological polar surface area (TPSA) is 139 Å². The first kappa shape index (κ1) is 12.5. The van der Waals surface area contributed by atoms with Gasteiger partial charge >= 0.3 is 0 Å². The Labute approximate surface area is 101 Å². The number of fused-ring (bicyclic) bond motifs is 1. The molecule has 9 nitrogen and oxygen atoms in total. The molecule has 0 aromatic carbocycles. The molecule has 9 heteroatoms. The van der Waals surface area contributed by atoms with E-state index in [2.05, 4.69) is 15.0 Å². The summed E-state index contributed by atoms with van der Waals surface area (Å²) in [5, 5.41) is 18.9. The fourth-order valence-electron chi connectivity index (χ4n) is 1.66. The highest BCUT2D eigenvalue weighted by atomic mass is 16.6. The number of nitrogens with zero attached hydrogens (tertiary/aromatic N) is 3. The van der Waals surface area contributed by atoms with Crippen LogP contribution >= 0.6 is 0 Å². The number of aromatic amines is 1. The number of nitrogen functional groups attached to an aromatic ring is 1.